The minimum absolute atomic E-state index is 0.00686. The first-order valence-corrected chi connectivity index (χ1v) is 11.5. The lowest BCUT2D eigenvalue weighted by atomic mass is 10.1. The molecule has 0 spiro atoms. The number of ether oxygens (including phenoxy) is 2. The first-order valence-electron chi connectivity index (χ1n) is 9.42. The second-order valence-corrected chi connectivity index (χ2v) is 8.44. The predicted octanol–water partition coefficient (Wildman–Crippen LogP) is 2.53. The Balaban J connectivity index is 2.82. The molecular weight excluding hydrogens is 366 g/mol. The van der Waals surface area contributed by atoms with E-state index in [0.29, 0.717) is 32.1 Å². The Morgan fingerprint density at radius 3 is 2.41 bits per heavy atom. The van der Waals surface area contributed by atoms with Crippen molar-refractivity contribution in [2.75, 3.05) is 38.3 Å². The lowest BCUT2D eigenvalue weighted by Crippen LogP contribution is -2.38. The van der Waals surface area contributed by atoms with Crippen molar-refractivity contribution in [3.63, 3.8) is 0 Å². The molecule has 2 N–H and O–H groups in total. The summed E-state index contributed by atoms with van der Waals surface area (Å²) in [5, 5.41) is 6.53. The quantitative estimate of drug-likeness (QED) is 0.338. The van der Waals surface area contributed by atoms with Crippen LogP contribution in [0.5, 0.6) is 11.5 Å². The number of hydrogen-bond acceptors (Lipinski definition) is 5. The molecule has 0 aliphatic heterocycles. The Labute approximate surface area is 163 Å². The highest BCUT2D eigenvalue weighted by molar-refractivity contribution is 7.90. The number of sulfone groups is 1. The van der Waals surface area contributed by atoms with Gasteiger partial charge in [0.05, 0.1) is 25.0 Å². The average Bonchev–Trinajstić information content (AvgIpc) is 2.59. The van der Waals surface area contributed by atoms with Gasteiger partial charge in [-0.25, -0.2) is 8.42 Å². The summed E-state index contributed by atoms with van der Waals surface area (Å²) in [6.45, 7) is 10.2. The van der Waals surface area contributed by atoms with Crippen LogP contribution in [-0.4, -0.2) is 52.7 Å². The maximum absolute atomic E-state index is 11.2. The van der Waals surface area contributed by atoms with E-state index in [4.69, 9.17) is 9.47 Å². The molecular formula is C19H33N3O4S. The standard InChI is InChI=1S/C19H33N3O4S/c1-6-20-19(21-12-9-13-27(5,23)24)22-15(4)16-10-11-17(25-7-2)18(14-16)26-8-3/h10-11,14-15H,6-9,12-13H2,1-5H3,(H2,20,21,22). The Hall–Kier alpha value is -1.96. The van der Waals surface area contributed by atoms with E-state index in [9.17, 15) is 8.42 Å². The molecule has 1 aromatic rings. The van der Waals surface area contributed by atoms with Crippen LogP contribution in [0.25, 0.3) is 0 Å². The summed E-state index contributed by atoms with van der Waals surface area (Å²) >= 11 is 0. The fourth-order valence-electron chi connectivity index (χ4n) is 2.46. The second-order valence-electron chi connectivity index (χ2n) is 6.18. The first kappa shape index (κ1) is 23.1. The van der Waals surface area contributed by atoms with E-state index < -0.39 is 9.84 Å². The largest absolute Gasteiger partial charge is 0.490 e. The molecule has 0 bridgehead atoms. The van der Waals surface area contributed by atoms with Gasteiger partial charge in [0.25, 0.3) is 0 Å². The van der Waals surface area contributed by atoms with Crippen LogP contribution in [0, 0.1) is 0 Å². The van der Waals surface area contributed by atoms with Gasteiger partial charge in [-0.15, -0.1) is 0 Å². The number of nitrogens with one attached hydrogen (secondary N) is 2. The summed E-state index contributed by atoms with van der Waals surface area (Å²) in [5.41, 5.74) is 1.05. The Morgan fingerprint density at radius 1 is 1.15 bits per heavy atom. The molecule has 0 saturated carbocycles. The van der Waals surface area contributed by atoms with E-state index >= 15 is 0 Å². The SMILES string of the molecule is CCNC(=NCCCS(C)(=O)=O)NC(C)c1ccc(OCC)c(OCC)c1. The molecule has 0 aromatic heterocycles. The zero-order valence-electron chi connectivity index (χ0n) is 17.0. The van der Waals surface area contributed by atoms with Crippen LogP contribution in [-0.2, 0) is 9.84 Å². The molecule has 1 aromatic carbocycles. The van der Waals surface area contributed by atoms with Crippen molar-refractivity contribution in [3.05, 3.63) is 23.8 Å². The van der Waals surface area contributed by atoms with Gasteiger partial charge in [0.1, 0.15) is 9.84 Å². The molecule has 0 heterocycles. The zero-order chi connectivity index (χ0) is 20.3. The number of nitrogens with zero attached hydrogens (tertiary/aromatic N) is 1. The fourth-order valence-corrected chi connectivity index (χ4v) is 3.12. The van der Waals surface area contributed by atoms with Gasteiger partial charge in [0.2, 0.25) is 0 Å². The van der Waals surface area contributed by atoms with E-state index in [1.54, 1.807) is 0 Å². The van der Waals surface area contributed by atoms with Crippen LogP contribution < -0.4 is 20.1 Å². The van der Waals surface area contributed by atoms with Gasteiger partial charge in [0, 0.05) is 19.3 Å². The molecule has 0 aliphatic rings. The summed E-state index contributed by atoms with van der Waals surface area (Å²) in [6.07, 6.45) is 1.74. The van der Waals surface area contributed by atoms with Crippen LogP contribution >= 0.6 is 0 Å². The first-order chi connectivity index (χ1) is 12.8. The van der Waals surface area contributed by atoms with E-state index in [2.05, 4.69) is 15.6 Å². The molecule has 0 aliphatic carbocycles. The molecule has 154 valence electrons. The lowest BCUT2D eigenvalue weighted by molar-refractivity contribution is 0.287. The third-order valence-corrected chi connectivity index (χ3v) is 4.74. The van der Waals surface area contributed by atoms with E-state index in [1.165, 1.54) is 6.26 Å². The Bertz CT molecular complexity index is 705. The zero-order valence-corrected chi connectivity index (χ0v) is 17.9. The van der Waals surface area contributed by atoms with Crippen LogP contribution in [0.3, 0.4) is 0 Å². The van der Waals surface area contributed by atoms with E-state index in [0.717, 1.165) is 23.6 Å². The number of benzene rings is 1. The monoisotopic (exact) mass is 399 g/mol. The smallest absolute Gasteiger partial charge is 0.191 e. The van der Waals surface area contributed by atoms with Crippen LogP contribution in [0.15, 0.2) is 23.2 Å². The van der Waals surface area contributed by atoms with E-state index in [-0.39, 0.29) is 11.8 Å². The van der Waals surface area contributed by atoms with E-state index in [1.807, 2.05) is 45.9 Å². The van der Waals surface area contributed by atoms with Gasteiger partial charge in [-0.3, -0.25) is 4.99 Å². The van der Waals surface area contributed by atoms with Crippen molar-refractivity contribution in [3.8, 4) is 11.5 Å². The van der Waals surface area contributed by atoms with Gasteiger partial charge in [-0.1, -0.05) is 6.07 Å². The highest BCUT2D eigenvalue weighted by atomic mass is 32.2. The molecule has 0 saturated heterocycles. The topological polar surface area (TPSA) is 89.0 Å². The summed E-state index contributed by atoms with van der Waals surface area (Å²) in [7, 11) is -2.96. The van der Waals surface area contributed by atoms with Gasteiger partial charge in [-0.05, 0) is 51.8 Å². The van der Waals surface area contributed by atoms with Crippen molar-refractivity contribution in [1.82, 2.24) is 10.6 Å². The van der Waals surface area contributed by atoms with Gasteiger partial charge in [0.15, 0.2) is 17.5 Å². The van der Waals surface area contributed by atoms with Gasteiger partial charge < -0.3 is 20.1 Å². The second kappa shape index (κ2) is 11.7. The highest BCUT2D eigenvalue weighted by Gasteiger charge is 2.12. The molecule has 1 atom stereocenters. The van der Waals surface area contributed by atoms with Crippen LogP contribution in [0.1, 0.15) is 45.7 Å². The summed E-state index contributed by atoms with van der Waals surface area (Å²) in [6, 6.07) is 5.88. The Morgan fingerprint density at radius 2 is 1.81 bits per heavy atom. The summed E-state index contributed by atoms with van der Waals surface area (Å²) < 4.78 is 33.7. The number of guanidine groups is 1. The molecule has 0 amide bonds. The highest BCUT2D eigenvalue weighted by Crippen LogP contribution is 2.30. The molecule has 8 heteroatoms. The molecule has 1 rings (SSSR count). The lowest BCUT2D eigenvalue weighted by Gasteiger charge is -2.20. The van der Waals surface area contributed by atoms with Crippen molar-refractivity contribution in [2.45, 2.75) is 40.2 Å². The Kier molecular flexibility index (Phi) is 9.99. The molecule has 27 heavy (non-hydrogen) atoms. The fraction of sp³-hybridized carbons (Fsp3) is 0.632. The molecule has 0 radical (unpaired) electrons. The van der Waals surface area contributed by atoms with Crippen molar-refractivity contribution in [1.29, 1.82) is 0 Å². The van der Waals surface area contributed by atoms with Crippen molar-refractivity contribution in [2.24, 2.45) is 4.99 Å². The summed E-state index contributed by atoms with van der Waals surface area (Å²) in [4.78, 5) is 4.46. The minimum Gasteiger partial charge on any atom is -0.490 e. The molecule has 1 unspecified atom stereocenters. The minimum atomic E-state index is -2.96. The number of aliphatic imine (C=N–C) groups is 1. The molecule has 7 nitrogen and oxygen atoms in total. The third kappa shape index (κ3) is 8.99. The van der Waals surface area contributed by atoms with Crippen molar-refractivity contribution < 1.29 is 17.9 Å². The molecule has 0 fully saturated rings. The van der Waals surface area contributed by atoms with Gasteiger partial charge >= 0.3 is 0 Å². The van der Waals surface area contributed by atoms with Crippen LogP contribution in [0.4, 0.5) is 0 Å². The number of hydrogen-bond donors (Lipinski definition) is 2. The third-order valence-electron chi connectivity index (χ3n) is 3.71. The number of rotatable bonds is 11. The maximum atomic E-state index is 11.2. The van der Waals surface area contributed by atoms with Crippen molar-refractivity contribution >= 4 is 15.8 Å². The average molecular weight is 400 g/mol. The maximum Gasteiger partial charge on any atom is 0.191 e. The van der Waals surface area contributed by atoms with Crippen LogP contribution in [0.2, 0.25) is 0 Å². The normalized spacial score (nSPS) is 13.1. The van der Waals surface area contributed by atoms with Gasteiger partial charge in [-0.2, -0.15) is 0 Å². The summed E-state index contributed by atoms with van der Waals surface area (Å²) in [5.74, 6) is 2.25. The predicted molar refractivity (Wildman–Crippen MR) is 111 cm³/mol.